The summed E-state index contributed by atoms with van der Waals surface area (Å²) in [5.41, 5.74) is -1.61. The van der Waals surface area contributed by atoms with E-state index in [2.05, 4.69) is 5.32 Å². The highest BCUT2D eigenvalue weighted by Gasteiger charge is 2.35. The van der Waals surface area contributed by atoms with Crippen LogP contribution < -0.4 is 10.2 Å². The van der Waals surface area contributed by atoms with Crippen LogP contribution in [0.1, 0.15) is 24.0 Å². The van der Waals surface area contributed by atoms with E-state index in [0.717, 1.165) is 18.7 Å². The lowest BCUT2D eigenvalue weighted by molar-refractivity contribution is -0.137. The van der Waals surface area contributed by atoms with Gasteiger partial charge in [-0.2, -0.15) is 13.2 Å². The summed E-state index contributed by atoms with van der Waals surface area (Å²) >= 11 is 0. The van der Waals surface area contributed by atoms with E-state index in [0.29, 0.717) is 32.1 Å². The number of alkyl halides is 5. The van der Waals surface area contributed by atoms with Gasteiger partial charge in [0.25, 0.3) is 6.43 Å². The molecule has 1 aromatic carbocycles. The van der Waals surface area contributed by atoms with Gasteiger partial charge in [-0.05, 0) is 25.1 Å². The van der Waals surface area contributed by atoms with Gasteiger partial charge in [0.05, 0.1) is 5.56 Å². The standard InChI is InChI=1S/C13H15F5N2/c14-12(15)9-2-3-11(10(8-9)13(16,17)18)20-6-1-4-19-5-7-20/h2-3,8,12,19H,1,4-7H2. The lowest BCUT2D eigenvalue weighted by Gasteiger charge is -2.26. The van der Waals surface area contributed by atoms with Gasteiger partial charge in [-0.3, -0.25) is 0 Å². The fraction of sp³-hybridized carbons (Fsp3) is 0.538. The molecule has 1 N–H and O–H groups in total. The second-order valence-electron chi connectivity index (χ2n) is 4.67. The first-order valence-electron chi connectivity index (χ1n) is 6.34. The Morgan fingerprint density at radius 2 is 1.85 bits per heavy atom. The molecule has 0 aromatic heterocycles. The molecule has 1 aliphatic heterocycles. The molecule has 0 radical (unpaired) electrons. The highest BCUT2D eigenvalue weighted by molar-refractivity contribution is 5.56. The first-order valence-corrected chi connectivity index (χ1v) is 6.34. The number of halogens is 5. The molecule has 2 nitrogen and oxygen atoms in total. The van der Waals surface area contributed by atoms with Gasteiger partial charge in [0.15, 0.2) is 0 Å². The Morgan fingerprint density at radius 1 is 1.10 bits per heavy atom. The molecule has 0 spiro atoms. The predicted molar refractivity (Wildman–Crippen MR) is 66.1 cm³/mol. The van der Waals surface area contributed by atoms with Gasteiger partial charge < -0.3 is 10.2 Å². The van der Waals surface area contributed by atoms with E-state index in [-0.39, 0.29) is 5.69 Å². The summed E-state index contributed by atoms with van der Waals surface area (Å²) in [6, 6.07) is 2.77. The van der Waals surface area contributed by atoms with E-state index in [1.165, 1.54) is 0 Å². The van der Waals surface area contributed by atoms with Gasteiger partial charge in [-0.15, -0.1) is 0 Å². The molecule has 0 atom stereocenters. The second kappa shape index (κ2) is 5.95. The second-order valence-corrected chi connectivity index (χ2v) is 4.67. The van der Waals surface area contributed by atoms with Gasteiger partial charge in [0.1, 0.15) is 0 Å². The predicted octanol–water partition coefficient (Wildman–Crippen LogP) is 3.44. The van der Waals surface area contributed by atoms with Gasteiger partial charge in [0.2, 0.25) is 0 Å². The maximum atomic E-state index is 13.1. The molecule has 0 unspecified atom stereocenters. The maximum Gasteiger partial charge on any atom is 0.418 e. The van der Waals surface area contributed by atoms with Crippen LogP contribution in [0.3, 0.4) is 0 Å². The zero-order valence-electron chi connectivity index (χ0n) is 10.7. The van der Waals surface area contributed by atoms with Crippen LogP contribution in [-0.4, -0.2) is 26.2 Å². The number of rotatable bonds is 2. The van der Waals surface area contributed by atoms with E-state index >= 15 is 0 Å². The molecule has 1 aliphatic rings. The highest BCUT2D eigenvalue weighted by atomic mass is 19.4. The number of nitrogens with one attached hydrogen (secondary N) is 1. The Bertz CT molecular complexity index is 451. The molecule has 20 heavy (non-hydrogen) atoms. The van der Waals surface area contributed by atoms with Crippen molar-refractivity contribution < 1.29 is 22.0 Å². The van der Waals surface area contributed by atoms with Crippen LogP contribution in [-0.2, 0) is 6.18 Å². The fourth-order valence-corrected chi connectivity index (χ4v) is 2.28. The lowest BCUT2D eigenvalue weighted by Crippen LogP contribution is -2.30. The number of hydrogen-bond donors (Lipinski definition) is 1. The first kappa shape index (κ1) is 15.0. The van der Waals surface area contributed by atoms with Crippen molar-refractivity contribution in [2.45, 2.75) is 19.0 Å². The molecule has 0 aliphatic carbocycles. The van der Waals surface area contributed by atoms with E-state index in [4.69, 9.17) is 0 Å². The summed E-state index contributed by atoms with van der Waals surface area (Å²) in [7, 11) is 0. The van der Waals surface area contributed by atoms with Crippen LogP contribution in [0.15, 0.2) is 18.2 Å². The number of hydrogen-bond acceptors (Lipinski definition) is 2. The summed E-state index contributed by atoms with van der Waals surface area (Å²) in [6.45, 7) is 2.22. The Labute approximate surface area is 113 Å². The van der Waals surface area contributed by atoms with Crippen LogP contribution >= 0.6 is 0 Å². The van der Waals surface area contributed by atoms with Crippen LogP contribution in [0.5, 0.6) is 0 Å². The molecule has 112 valence electrons. The van der Waals surface area contributed by atoms with Crippen molar-refractivity contribution in [1.29, 1.82) is 0 Å². The maximum absolute atomic E-state index is 13.1. The molecular formula is C13H15F5N2. The molecule has 0 saturated carbocycles. The van der Waals surface area contributed by atoms with E-state index in [9.17, 15) is 22.0 Å². The molecule has 1 saturated heterocycles. The van der Waals surface area contributed by atoms with Crippen molar-refractivity contribution in [2.75, 3.05) is 31.1 Å². The molecule has 0 amide bonds. The van der Waals surface area contributed by atoms with Crippen molar-refractivity contribution in [1.82, 2.24) is 5.32 Å². The fourth-order valence-electron chi connectivity index (χ4n) is 2.28. The smallest absolute Gasteiger partial charge is 0.370 e. The van der Waals surface area contributed by atoms with Gasteiger partial charge in [-0.25, -0.2) is 8.78 Å². The molecule has 1 heterocycles. The average Bonchev–Trinajstić information content (AvgIpc) is 2.65. The molecule has 7 heteroatoms. The SMILES string of the molecule is FC(F)c1ccc(N2CCCNCC2)c(C(F)(F)F)c1. The van der Waals surface area contributed by atoms with Crippen LogP contribution in [0.2, 0.25) is 0 Å². The minimum atomic E-state index is -4.64. The zero-order valence-corrected chi connectivity index (χ0v) is 10.7. The average molecular weight is 294 g/mol. The number of anilines is 1. The van der Waals surface area contributed by atoms with Crippen LogP contribution in [0, 0.1) is 0 Å². The van der Waals surface area contributed by atoms with Gasteiger partial charge in [0, 0.05) is 30.9 Å². The van der Waals surface area contributed by atoms with Crippen LogP contribution in [0.4, 0.5) is 27.6 Å². The third kappa shape index (κ3) is 3.39. The van der Waals surface area contributed by atoms with Crippen LogP contribution in [0.25, 0.3) is 0 Å². The van der Waals surface area contributed by atoms with E-state index in [1.54, 1.807) is 4.90 Å². The number of nitrogens with zero attached hydrogens (tertiary/aromatic N) is 1. The minimum Gasteiger partial charge on any atom is -0.370 e. The summed E-state index contributed by atoms with van der Waals surface area (Å²) in [4.78, 5) is 1.60. The summed E-state index contributed by atoms with van der Waals surface area (Å²) in [6.07, 6.45) is -6.83. The number of benzene rings is 1. The quantitative estimate of drug-likeness (QED) is 0.841. The van der Waals surface area contributed by atoms with E-state index in [1.807, 2.05) is 0 Å². The minimum absolute atomic E-state index is 0.0226. The van der Waals surface area contributed by atoms with Gasteiger partial charge >= 0.3 is 6.18 Å². The van der Waals surface area contributed by atoms with Gasteiger partial charge in [-0.1, -0.05) is 6.07 Å². The third-order valence-corrected chi connectivity index (χ3v) is 3.26. The Balaban J connectivity index is 2.40. The largest absolute Gasteiger partial charge is 0.418 e. The van der Waals surface area contributed by atoms with Crippen molar-refractivity contribution in [3.05, 3.63) is 29.3 Å². The zero-order chi connectivity index (χ0) is 14.8. The monoisotopic (exact) mass is 294 g/mol. The summed E-state index contributed by atoms with van der Waals surface area (Å²) < 4.78 is 64.3. The van der Waals surface area contributed by atoms with Crippen molar-refractivity contribution in [2.24, 2.45) is 0 Å². The molecule has 0 bridgehead atoms. The highest BCUT2D eigenvalue weighted by Crippen LogP contribution is 2.38. The van der Waals surface area contributed by atoms with Crippen molar-refractivity contribution in [3.8, 4) is 0 Å². The topological polar surface area (TPSA) is 15.3 Å². The molecular weight excluding hydrogens is 279 g/mol. The molecule has 2 rings (SSSR count). The Kier molecular flexibility index (Phi) is 4.47. The molecule has 1 aromatic rings. The Hall–Kier alpha value is -1.37. The molecule has 1 fully saturated rings. The van der Waals surface area contributed by atoms with E-state index < -0.39 is 23.7 Å². The Morgan fingerprint density at radius 3 is 2.50 bits per heavy atom. The van der Waals surface area contributed by atoms with Crippen molar-refractivity contribution in [3.63, 3.8) is 0 Å². The normalized spacial score (nSPS) is 17.4. The van der Waals surface area contributed by atoms with Crippen molar-refractivity contribution >= 4 is 5.69 Å². The lowest BCUT2D eigenvalue weighted by atomic mass is 10.1. The summed E-state index contributed by atoms with van der Waals surface area (Å²) in [5, 5.41) is 3.09. The first-order chi connectivity index (χ1) is 9.39. The third-order valence-electron chi connectivity index (χ3n) is 3.26. The summed E-state index contributed by atoms with van der Waals surface area (Å²) in [5.74, 6) is 0.